The lowest BCUT2D eigenvalue weighted by Crippen LogP contribution is -2.11. The number of esters is 1. The molecule has 6 nitrogen and oxygen atoms in total. The van der Waals surface area contributed by atoms with E-state index in [1.165, 1.54) is 10.9 Å². The molecule has 94 valence electrons. The Kier molecular flexibility index (Phi) is 3.71. The first-order valence-electron chi connectivity index (χ1n) is 5.33. The highest BCUT2D eigenvalue weighted by Gasteiger charge is 2.13. The highest BCUT2D eigenvalue weighted by atomic mass is 79.9. The van der Waals surface area contributed by atoms with E-state index in [9.17, 15) is 4.79 Å². The molecule has 7 heteroatoms. The Morgan fingerprint density at radius 1 is 1.50 bits per heavy atom. The number of halogens is 1. The van der Waals surface area contributed by atoms with E-state index >= 15 is 0 Å². The van der Waals surface area contributed by atoms with Crippen molar-refractivity contribution in [1.82, 2.24) is 19.7 Å². The number of aromatic nitrogens is 4. The lowest BCUT2D eigenvalue weighted by Gasteiger charge is -2.05. The number of nitrogens with zero attached hydrogens (tertiary/aromatic N) is 4. The first kappa shape index (κ1) is 12.7. The quantitative estimate of drug-likeness (QED) is 0.810. The fourth-order valence-corrected chi connectivity index (χ4v) is 1.67. The van der Waals surface area contributed by atoms with Crippen LogP contribution < -0.4 is 0 Å². The first-order chi connectivity index (χ1) is 8.61. The Hall–Kier alpha value is -1.76. The average molecular weight is 311 g/mol. The molecule has 0 bridgehead atoms. The Morgan fingerprint density at radius 2 is 2.28 bits per heavy atom. The van der Waals surface area contributed by atoms with Gasteiger partial charge in [0.1, 0.15) is 0 Å². The van der Waals surface area contributed by atoms with Gasteiger partial charge in [-0.3, -0.25) is 0 Å². The van der Waals surface area contributed by atoms with Gasteiger partial charge in [0.15, 0.2) is 0 Å². The van der Waals surface area contributed by atoms with Gasteiger partial charge in [-0.05, 0) is 29.8 Å². The second-order valence-corrected chi connectivity index (χ2v) is 4.41. The van der Waals surface area contributed by atoms with Gasteiger partial charge >= 0.3 is 5.97 Å². The zero-order valence-corrected chi connectivity index (χ0v) is 11.5. The SMILES string of the molecule is CCOC(=O)c1cnc(-n2cc(Br)cn2)nc1C. The van der Waals surface area contributed by atoms with Crippen LogP contribution in [0.4, 0.5) is 0 Å². The van der Waals surface area contributed by atoms with Gasteiger partial charge in [0.05, 0.1) is 28.5 Å². The van der Waals surface area contributed by atoms with Gasteiger partial charge in [-0.25, -0.2) is 19.4 Å². The molecular formula is C11H11BrN4O2. The van der Waals surface area contributed by atoms with E-state index in [1.54, 1.807) is 26.2 Å². The third-order valence-electron chi connectivity index (χ3n) is 2.22. The molecule has 0 atom stereocenters. The Bertz CT molecular complexity index is 582. The van der Waals surface area contributed by atoms with Crippen LogP contribution in [0.1, 0.15) is 23.0 Å². The lowest BCUT2D eigenvalue weighted by molar-refractivity contribution is 0.0524. The van der Waals surface area contributed by atoms with E-state index in [2.05, 4.69) is 31.0 Å². The Labute approximate surface area is 112 Å². The standard InChI is InChI=1S/C11H11BrN4O2/c1-3-18-10(17)9-5-13-11(15-7(9)2)16-6-8(12)4-14-16/h4-6H,3H2,1-2H3. The minimum absolute atomic E-state index is 0.326. The summed E-state index contributed by atoms with van der Waals surface area (Å²) in [6.07, 6.45) is 4.82. The highest BCUT2D eigenvalue weighted by molar-refractivity contribution is 9.10. The molecule has 0 saturated heterocycles. The summed E-state index contributed by atoms with van der Waals surface area (Å²) in [5.74, 6) is -0.00514. The van der Waals surface area contributed by atoms with Crippen LogP contribution in [0.5, 0.6) is 0 Å². The third kappa shape index (κ3) is 2.56. The van der Waals surface area contributed by atoms with E-state index in [4.69, 9.17) is 4.74 Å². The molecule has 0 aliphatic rings. The average Bonchev–Trinajstić information content (AvgIpc) is 2.76. The fraction of sp³-hybridized carbons (Fsp3) is 0.273. The highest BCUT2D eigenvalue weighted by Crippen LogP contribution is 2.11. The number of aryl methyl sites for hydroxylation is 1. The van der Waals surface area contributed by atoms with E-state index in [-0.39, 0.29) is 0 Å². The number of carbonyl (C=O) groups excluding carboxylic acids is 1. The Balaban J connectivity index is 2.33. The second-order valence-electron chi connectivity index (χ2n) is 3.49. The van der Waals surface area contributed by atoms with Gasteiger partial charge in [0, 0.05) is 12.4 Å². The van der Waals surface area contributed by atoms with Crippen LogP contribution in [-0.2, 0) is 4.74 Å². The van der Waals surface area contributed by atoms with Crippen molar-refractivity contribution >= 4 is 21.9 Å². The minimum atomic E-state index is -0.414. The molecule has 18 heavy (non-hydrogen) atoms. The number of carbonyl (C=O) groups is 1. The minimum Gasteiger partial charge on any atom is -0.462 e. The molecule has 2 rings (SSSR count). The van der Waals surface area contributed by atoms with Crippen molar-refractivity contribution < 1.29 is 9.53 Å². The van der Waals surface area contributed by atoms with Crippen LogP contribution in [0.3, 0.4) is 0 Å². The Morgan fingerprint density at radius 3 is 2.83 bits per heavy atom. The normalized spacial score (nSPS) is 10.4. The number of ether oxygens (including phenoxy) is 1. The summed E-state index contributed by atoms with van der Waals surface area (Å²) in [5, 5.41) is 4.07. The molecule has 2 aromatic rings. The van der Waals surface area contributed by atoms with Crippen molar-refractivity contribution in [3.05, 3.63) is 34.3 Å². The predicted octanol–water partition coefficient (Wildman–Crippen LogP) is 1.91. The molecule has 0 fully saturated rings. The fourth-order valence-electron chi connectivity index (χ4n) is 1.38. The zero-order chi connectivity index (χ0) is 13.1. The molecule has 0 amide bonds. The van der Waals surface area contributed by atoms with Crippen molar-refractivity contribution in [2.24, 2.45) is 0 Å². The van der Waals surface area contributed by atoms with Crippen LogP contribution in [0.15, 0.2) is 23.1 Å². The topological polar surface area (TPSA) is 69.9 Å². The number of hydrogen-bond acceptors (Lipinski definition) is 5. The van der Waals surface area contributed by atoms with Crippen molar-refractivity contribution in [2.75, 3.05) is 6.61 Å². The molecule has 2 heterocycles. The summed E-state index contributed by atoms with van der Waals surface area (Å²) in [7, 11) is 0. The smallest absolute Gasteiger partial charge is 0.341 e. The van der Waals surface area contributed by atoms with Crippen LogP contribution >= 0.6 is 15.9 Å². The first-order valence-corrected chi connectivity index (χ1v) is 6.12. The van der Waals surface area contributed by atoms with Crippen LogP contribution in [0, 0.1) is 6.92 Å². The van der Waals surface area contributed by atoms with Crippen molar-refractivity contribution in [3.8, 4) is 5.95 Å². The monoisotopic (exact) mass is 310 g/mol. The van der Waals surface area contributed by atoms with Crippen LogP contribution in [0.25, 0.3) is 5.95 Å². The molecule has 0 aliphatic carbocycles. The third-order valence-corrected chi connectivity index (χ3v) is 2.63. The van der Waals surface area contributed by atoms with Gasteiger partial charge in [0.25, 0.3) is 5.95 Å². The molecule has 0 radical (unpaired) electrons. The van der Waals surface area contributed by atoms with Gasteiger partial charge < -0.3 is 4.74 Å². The molecule has 0 N–H and O–H groups in total. The van der Waals surface area contributed by atoms with Crippen molar-refractivity contribution in [2.45, 2.75) is 13.8 Å². The van der Waals surface area contributed by atoms with Crippen molar-refractivity contribution in [1.29, 1.82) is 0 Å². The molecule has 0 aromatic carbocycles. The second kappa shape index (κ2) is 5.26. The van der Waals surface area contributed by atoms with E-state index < -0.39 is 5.97 Å². The summed E-state index contributed by atoms with van der Waals surface area (Å²) in [6.45, 7) is 3.81. The largest absolute Gasteiger partial charge is 0.462 e. The van der Waals surface area contributed by atoms with E-state index in [0.29, 0.717) is 23.8 Å². The summed E-state index contributed by atoms with van der Waals surface area (Å²) in [6, 6.07) is 0. The molecule has 2 aromatic heterocycles. The maximum atomic E-state index is 11.6. The predicted molar refractivity (Wildman–Crippen MR) is 67.5 cm³/mol. The molecule has 0 saturated carbocycles. The zero-order valence-electron chi connectivity index (χ0n) is 9.92. The maximum Gasteiger partial charge on any atom is 0.341 e. The van der Waals surface area contributed by atoms with E-state index in [1.807, 2.05) is 0 Å². The maximum absolute atomic E-state index is 11.6. The molecule has 0 unspecified atom stereocenters. The van der Waals surface area contributed by atoms with Crippen LogP contribution in [0.2, 0.25) is 0 Å². The lowest BCUT2D eigenvalue weighted by atomic mass is 10.2. The summed E-state index contributed by atoms with van der Waals surface area (Å²) >= 11 is 3.29. The summed E-state index contributed by atoms with van der Waals surface area (Å²) < 4.78 is 7.26. The van der Waals surface area contributed by atoms with Crippen LogP contribution in [-0.4, -0.2) is 32.3 Å². The molecule has 0 spiro atoms. The summed E-state index contributed by atoms with van der Waals surface area (Å²) in [4.78, 5) is 19.9. The summed E-state index contributed by atoms with van der Waals surface area (Å²) in [5.41, 5.74) is 0.928. The van der Waals surface area contributed by atoms with E-state index in [0.717, 1.165) is 4.47 Å². The number of hydrogen-bond donors (Lipinski definition) is 0. The van der Waals surface area contributed by atoms with Gasteiger partial charge in [-0.2, -0.15) is 5.10 Å². The van der Waals surface area contributed by atoms with Gasteiger partial charge in [0.2, 0.25) is 0 Å². The van der Waals surface area contributed by atoms with Gasteiger partial charge in [-0.15, -0.1) is 0 Å². The molecular weight excluding hydrogens is 300 g/mol. The number of rotatable bonds is 3. The van der Waals surface area contributed by atoms with Crippen molar-refractivity contribution in [3.63, 3.8) is 0 Å². The van der Waals surface area contributed by atoms with Gasteiger partial charge in [-0.1, -0.05) is 0 Å². The molecule has 0 aliphatic heterocycles.